The number of halogens is 1. The van der Waals surface area contributed by atoms with Crippen molar-refractivity contribution in [2.75, 3.05) is 30.9 Å². The Balaban J connectivity index is 2.67. The van der Waals surface area contributed by atoms with Crippen LogP contribution in [0.3, 0.4) is 0 Å². The molecule has 0 aliphatic carbocycles. The van der Waals surface area contributed by atoms with Gasteiger partial charge >= 0.3 is 6.03 Å². The average Bonchev–Trinajstić information content (AvgIpc) is 2.31. The van der Waals surface area contributed by atoms with Crippen LogP contribution in [0, 0.1) is 6.92 Å². The first-order valence-electron chi connectivity index (χ1n) is 5.65. The normalized spacial score (nSPS) is 11.2. The molecule has 1 aromatic rings. The maximum Gasteiger partial charge on any atom is 0.321 e. The summed E-state index contributed by atoms with van der Waals surface area (Å²) in [7, 11) is -1.56. The van der Waals surface area contributed by atoms with Crippen molar-refractivity contribution in [3.8, 4) is 0 Å². The highest BCUT2D eigenvalue weighted by molar-refractivity contribution is 7.90. The molecule has 0 atom stereocenters. The van der Waals surface area contributed by atoms with Crippen molar-refractivity contribution < 1.29 is 13.2 Å². The van der Waals surface area contributed by atoms with Gasteiger partial charge in [-0.1, -0.05) is 23.7 Å². The molecule has 0 fully saturated rings. The predicted octanol–water partition coefficient (Wildman–Crippen LogP) is 2.16. The summed E-state index contributed by atoms with van der Waals surface area (Å²) in [5.74, 6) is -0.0710. The number of aryl methyl sites for hydroxylation is 1. The Morgan fingerprint density at radius 3 is 2.63 bits per heavy atom. The first kappa shape index (κ1) is 15.8. The molecule has 7 heteroatoms. The van der Waals surface area contributed by atoms with Crippen molar-refractivity contribution in [3.05, 3.63) is 28.8 Å². The summed E-state index contributed by atoms with van der Waals surface area (Å²) < 4.78 is 22.1. The highest BCUT2D eigenvalue weighted by atomic mass is 35.5. The second-order valence-corrected chi connectivity index (χ2v) is 7.06. The highest BCUT2D eigenvalue weighted by Gasteiger charge is 2.13. The lowest BCUT2D eigenvalue weighted by Gasteiger charge is -2.18. The van der Waals surface area contributed by atoms with Crippen molar-refractivity contribution in [3.63, 3.8) is 0 Å². The van der Waals surface area contributed by atoms with Crippen LogP contribution < -0.4 is 5.32 Å². The summed E-state index contributed by atoms with van der Waals surface area (Å²) in [6, 6.07) is 4.92. The number of sulfone groups is 1. The number of carbonyl (C=O) groups is 1. The number of anilines is 1. The third-order valence-electron chi connectivity index (χ3n) is 2.58. The van der Waals surface area contributed by atoms with E-state index in [1.165, 1.54) is 11.9 Å². The summed E-state index contributed by atoms with van der Waals surface area (Å²) >= 11 is 6.06. The largest absolute Gasteiger partial charge is 0.327 e. The Morgan fingerprint density at radius 1 is 1.42 bits per heavy atom. The highest BCUT2D eigenvalue weighted by Crippen LogP contribution is 2.25. The van der Waals surface area contributed by atoms with Crippen LogP contribution in [0.4, 0.5) is 10.5 Å². The van der Waals surface area contributed by atoms with Crippen LogP contribution in [0.2, 0.25) is 5.02 Å². The number of nitrogens with one attached hydrogen (secondary N) is 1. The van der Waals surface area contributed by atoms with Gasteiger partial charge < -0.3 is 10.2 Å². The first-order valence-corrected chi connectivity index (χ1v) is 8.09. The molecular weight excluding hydrogens is 288 g/mol. The number of hydrogen-bond acceptors (Lipinski definition) is 3. The molecule has 2 amide bonds. The molecule has 106 valence electrons. The van der Waals surface area contributed by atoms with E-state index < -0.39 is 15.9 Å². The van der Waals surface area contributed by atoms with Crippen molar-refractivity contribution in [1.29, 1.82) is 0 Å². The monoisotopic (exact) mass is 304 g/mol. The number of amides is 2. The van der Waals surface area contributed by atoms with E-state index in [2.05, 4.69) is 5.32 Å². The Kier molecular flexibility index (Phi) is 5.20. The molecule has 0 heterocycles. The van der Waals surface area contributed by atoms with Crippen molar-refractivity contribution >= 4 is 33.2 Å². The van der Waals surface area contributed by atoms with Crippen molar-refractivity contribution in [1.82, 2.24) is 4.90 Å². The number of carbonyl (C=O) groups excluding carboxylic acids is 1. The van der Waals surface area contributed by atoms with E-state index in [4.69, 9.17) is 11.6 Å². The molecule has 0 bridgehead atoms. The van der Waals surface area contributed by atoms with E-state index in [-0.39, 0.29) is 12.3 Å². The first-order chi connectivity index (χ1) is 8.70. The molecule has 1 rings (SSSR count). The molecule has 0 unspecified atom stereocenters. The Bertz CT molecular complexity index is 572. The lowest BCUT2D eigenvalue weighted by molar-refractivity contribution is 0.225. The van der Waals surface area contributed by atoms with Gasteiger partial charge in [0, 0.05) is 19.8 Å². The fourth-order valence-corrected chi connectivity index (χ4v) is 2.14. The third-order valence-corrected chi connectivity index (χ3v) is 4.00. The van der Waals surface area contributed by atoms with Crippen LogP contribution in [0.25, 0.3) is 0 Å². The fraction of sp³-hybridized carbons (Fsp3) is 0.417. The zero-order valence-electron chi connectivity index (χ0n) is 11.1. The van der Waals surface area contributed by atoms with Gasteiger partial charge in [-0.05, 0) is 18.6 Å². The molecule has 1 N–H and O–H groups in total. The van der Waals surface area contributed by atoms with E-state index in [1.54, 1.807) is 12.1 Å². The lowest BCUT2D eigenvalue weighted by Crippen LogP contribution is -2.35. The maximum absolute atomic E-state index is 11.9. The van der Waals surface area contributed by atoms with Crippen LogP contribution >= 0.6 is 11.6 Å². The minimum absolute atomic E-state index is 0.0710. The SMILES string of the molecule is Cc1cccc(NC(=O)N(C)CCS(C)(=O)=O)c1Cl. The number of nitrogens with zero attached hydrogens (tertiary/aromatic N) is 1. The molecule has 1 aromatic carbocycles. The predicted molar refractivity (Wildman–Crippen MR) is 77.5 cm³/mol. The molecular formula is C12H17ClN2O3S. The molecule has 19 heavy (non-hydrogen) atoms. The average molecular weight is 305 g/mol. The number of rotatable bonds is 4. The molecule has 0 aromatic heterocycles. The quantitative estimate of drug-likeness (QED) is 0.927. The van der Waals surface area contributed by atoms with Gasteiger partial charge in [0.2, 0.25) is 0 Å². The maximum atomic E-state index is 11.9. The van der Waals surface area contributed by atoms with Gasteiger partial charge in [-0.2, -0.15) is 0 Å². The lowest BCUT2D eigenvalue weighted by atomic mass is 10.2. The summed E-state index contributed by atoms with van der Waals surface area (Å²) in [4.78, 5) is 13.2. The van der Waals surface area contributed by atoms with E-state index in [1.807, 2.05) is 13.0 Å². The summed E-state index contributed by atoms with van der Waals surface area (Å²) in [6.07, 6.45) is 1.14. The van der Waals surface area contributed by atoms with Crippen LogP contribution in [0.5, 0.6) is 0 Å². The Labute approximate surface area is 118 Å². The molecule has 0 spiro atoms. The zero-order chi connectivity index (χ0) is 14.6. The molecule has 0 radical (unpaired) electrons. The van der Waals surface area contributed by atoms with E-state index in [9.17, 15) is 13.2 Å². The van der Waals surface area contributed by atoms with E-state index in [0.717, 1.165) is 11.8 Å². The van der Waals surface area contributed by atoms with Gasteiger partial charge in [-0.3, -0.25) is 0 Å². The minimum atomic E-state index is -3.09. The molecule has 5 nitrogen and oxygen atoms in total. The van der Waals surface area contributed by atoms with Gasteiger partial charge in [0.25, 0.3) is 0 Å². The minimum Gasteiger partial charge on any atom is -0.327 e. The number of hydrogen-bond donors (Lipinski definition) is 1. The molecule has 0 saturated heterocycles. The van der Waals surface area contributed by atoms with Gasteiger partial charge in [0.15, 0.2) is 0 Å². The van der Waals surface area contributed by atoms with Crippen LogP contribution in [-0.4, -0.2) is 44.9 Å². The number of benzene rings is 1. The van der Waals surface area contributed by atoms with Gasteiger partial charge in [0.05, 0.1) is 16.5 Å². The zero-order valence-corrected chi connectivity index (χ0v) is 12.7. The summed E-state index contributed by atoms with van der Waals surface area (Å²) in [5, 5.41) is 3.13. The van der Waals surface area contributed by atoms with E-state index in [0.29, 0.717) is 10.7 Å². The number of urea groups is 1. The molecule has 0 aliphatic rings. The molecule has 0 aliphatic heterocycles. The topological polar surface area (TPSA) is 66.5 Å². The second kappa shape index (κ2) is 6.25. The van der Waals surface area contributed by atoms with Gasteiger partial charge in [0.1, 0.15) is 9.84 Å². The molecule has 0 saturated carbocycles. The summed E-state index contributed by atoms with van der Waals surface area (Å²) in [6.45, 7) is 1.97. The van der Waals surface area contributed by atoms with Crippen LogP contribution in [-0.2, 0) is 9.84 Å². The fourth-order valence-electron chi connectivity index (χ4n) is 1.36. The van der Waals surface area contributed by atoms with Crippen molar-refractivity contribution in [2.24, 2.45) is 0 Å². The third kappa shape index (κ3) is 5.08. The van der Waals surface area contributed by atoms with Crippen LogP contribution in [0.1, 0.15) is 5.56 Å². The van der Waals surface area contributed by atoms with Gasteiger partial charge in [-0.25, -0.2) is 13.2 Å². The van der Waals surface area contributed by atoms with Gasteiger partial charge in [-0.15, -0.1) is 0 Å². The second-order valence-electron chi connectivity index (χ2n) is 4.42. The summed E-state index contributed by atoms with van der Waals surface area (Å²) in [5.41, 5.74) is 1.37. The van der Waals surface area contributed by atoms with Crippen molar-refractivity contribution in [2.45, 2.75) is 6.92 Å². The van der Waals surface area contributed by atoms with Crippen LogP contribution in [0.15, 0.2) is 18.2 Å². The smallest absolute Gasteiger partial charge is 0.321 e. The van der Waals surface area contributed by atoms with E-state index >= 15 is 0 Å². The Morgan fingerprint density at radius 2 is 2.05 bits per heavy atom. The Hall–Kier alpha value is -1.27. The standard InChI is InChI=1S/C12H17ClN2O3S/c1-9-5-4-6-10(11(9)13)14-12(16)15(2)7-8-19(3,17)18/h4-6H,7-8H2,1-3H3,(H,14,16).